The average molecular weight is 796 g/mol. The van der Waals surface area contributed by atoms with Crippen LogP contribution in [0.4, 0.5) is 0 Å². The van der Waals surface area contributed by atoms with E-state index in [1.54, 1.807) is 11.1 Å². The van der Waals surface area contributed by atoms with Crippen molar-refractivity contribution < 1.29 is 0 Å². The van der Waals surface area contributed by atoms with Crippen LogP contribution in [-0.4, -0.2) is 0 Å². The molecule has 6 aromatic rings. The Morgan fingerprint density at radius 1 is 0.414 bits per heavy atom. The van der Waals surface area contributed by atoms with Gasteiger partial charge in [-0.25, -0.2) is 0 Å². The van der Waals surface area contributed by atoms with Crippen molar-refractivity contribution in [3.63, 3.8) is 0 Å². The summed E-state index contributed by atoms with van der Waals surface area (Å²) in [5, 5.41) is 3.52. The van der Waals surface area contributed by atoms with Gasteiger partial charge in [0.1, 0.15) is 0 Å². The molecule has 0 heterocycles. The quantitative estimate of drug-likeness (QED) is 0.130. The van der Waals surface area contributed by atoms with Gasteiger partial charge in [0.15, 0.2) is 0 Å². The second-order valence-electron chi connectivity index (χ2n) is 18.2. The van der Waals surface area contributed by atoms with Crippen LogP contribution in [-0.2, 0) is 38.5 Å². The number of rotatable bonds is 10. The third-order valence-corrected chi connectivity index (χ3v) is 10.6. The molecule has 6 aromatic carbocycles. The Balaban J connectivity index is 0.000000195. The highest BCUT2D eigenvalue weighted by Crippen LogP contribution is 2.31. The van der Waals surface area contributed by atoms with E-state index in [1.165, 1.54) is 71.6 Å². The Labute approximate surface area is 360 Å². The molecular formula is C57H75Cl. The molecule has 0 bridgehead atoms. The largest absolute Gasteiger partial charge is 0.0843 e. The number of aryl methyl sites for hydroxylation is 1. The lowest BCUT2D eigenvalue weighted by Crippen LogP contribution is -2.07. The smallest absolute Gasteiger partial charge is 0.0408 e. The summed E-state index contributed by atoms with van der Waals surface area (Å²) in [4.78, 5) is 0. The summed E-state index contributed by atoms with van der Waals surface area (Å²) in [5.41, 5.74) is 8.83. The van der Waals surface area contributed by atoms with Gasteiger partial charge >= 0.3 is 0 Å². The minimum Gasteiger partial charge on any atom is -0.0843 e. The maximum absolute atomic E-state index is 5.83. The summed E-state index contributed by atoms with van der Waals surface area (Å²) in [6.45, 7) is 22.6. The van der Waals surface area contributed by atoms with Crippen LogP contribution in [0.1, 0.15) is 109 Å². The van der Waals surface area contributed by atoms with E-state index in [9.17, 15) is 0 Å². The van der Waals surface area contributed by atoms with Crippen LogP contribution in [0.5, 0.6) is 0 Å². The molecule has 0 spiro atoms. The predicted octanol–water partition coefficient (Wildman–Crippen LogP) is 16.8. The first-order valence-electron chi connectivity index (χ1n) is 22.2. The summed E-state index contributed by atoms with van der Waals surface area (Å²) in [5.74, 6) is 4.74. The molecule has 310 valence electrons. The summed E-state index contributed by atoms with van der Waals surface area (Å²) in [7, 11) is 0. The molecule has 0 nitrogen and oxygen atoms in total. The lowest BCUT2D eigenvalue weighted by atomic mass is 9.93. The lowest BCUT2D eigenvalue weighted by molar-refractivity contribution is 0.404. The third kappa shape index (κ3) is 20.0. The van der Waals surface area contributed by atoms with Gasteiger partial charge in [0.2, 0.25) is 0 Å². The van der Waals surface area contributed by atoms with Gasteiger partial charge in [-0.05, 0) is 137 Å². The predicted molar refractivity (Wildman–Crippen MR) is 259 cm³/mol. The zero-order valence-corrected chi connectivity index (χ0v) is 38.5. The second-order valence-corrected chi connectivity index (χ2v) is 18.6. The van der Waals surface area contributed by atoms with Gasteiger partial charge < -0.3 is 0 Å². The van der Waals surface area contributed by atoms with Crippen molar-refractivity contribution in [2.45, 2.75) is 114 Å². The highest BCUT2D eigenvalue weighted by atomic mass is 35.5. The van der Waals surface area contributed by atoms with Crippen LogP contribution in [0.15, 0.2) is 152 Å². The van der Waals surface area contributed by atoms with Crippen molar-refractivity contribution in [1.82, 2.24) is 0 Å². The molecule has 0 fully saturated rings. The topological polar surface area (TPSA) is 0 Å². The van der Waals surface area contributed by atoms with Gasteiger partial charge in [-0.1, -0.05) is 220 Å². The molecule has 0 radical (unpaired) electrons. The highest BCUT2D eigenvalue weighted by molar-refractivity contribution is 6.30. The van der Waals surface area contributed by atoms with E-state index in [-0.39, 0.29) is 0 Å². The molecule has 0 saturated heterocycles. The monoisotopic (exact) mass is 795 g/mol. The van der Waals surface area contributed by atoms with E-state index >= 15 is 0 Å². The summed E-state index contributed by atoms with van der Waals surface area (Å²) in [6, 6.07) is 53.5. The first kappa shape index (κ1) is 48.2. The summed E-state index contributed by atoms with van der Waals surface area (Å²) in [6.07, 6.45) is 8.59. The zero-order chi connectivity index (χ0) is 42.3. The Bertz CT molecular complexity index is 1930. The van der Waals surface area contributed by atoms with Gasteiger partial charge in [-0.2, -0.15) is 0 Å². The molecule has 1 heteroatoms. The molecule has 7 rings (SSSR count). The number of hydrogen-bond acceptors (Lipinski definition) is 0. The third-order valence-electron chi connectivity index (χ3n) is 10.4. The Hall–Kier alpha value is -4.13. The van der Waals surface area contributed by atoms with Crippen LogP contribution < -0.4 is 0 Å². The minimum atomic E-state index is 0.702. The van der Waals surface area contributed by atoms with E-state index in [1.807, 2.05) is 18.2 Å². The maximum Gasteiger partial charge on any atom is 0.0408 e. The van der Waals surface area contributed by atoms with Crippen molar-refractivity contribution in [3.8, 4) is 0 Å². The first-order chi connectivity index (χ1) is 27.8. The molecule has 0 saturated carbocycles. The van der Waals surface area contributed by atoms with E-state index in [2.05, 4.69) is 203 Å². The molecule has 1 aliphatic rings. The normalized spacial score (nSPS) is 11.9. The zero-order valence-electron chi connectivity index (χ0n) is 37.7. The molecule has 0 amide bonds. The molecule has 58 heavy (non-hydrogen) atoms. The molecule has 0 aliphatic heterocycles. The Morgan fingerprint density at radius 3 is 1.36 bits per heavy atom. The fourth-order valence-electron chi connectivity index (χ4n) is 7.22. The van der Waals surface area contributed by atoms with Gasteiger partial charge in [-0.15, -0.1) is 0 Å². The Morgan fingerprint density at radius 2 is 0.862 bits per heavy atom. The SMILES string of the molecule is CC(C)C1Cc2ccccc2C1.CC(C)CCc1ccccc1.CC(C)Cc1ccc2ccccc2c1.CC(C)Cc1cccc(Cl)c1.CC(C)Cc1ccccc1. The number of halogens is 1. The van der Waals surface area contributed by atoms with Gasteiger partial charge in [0, 0.05) is 5.02 Å². The van der Waals surface area contributed by atoms with Crippen LogP contribution >= 0.6 is 11.6 Å². The molecule has 0 atom stereocenters. The minimum absolute atomic E-state index is 0.702. The highest BCUT2D eigenvalue weighted by Gasteiger charge is 2.22. The molecular weight excluding hydrogens is 720 g/mol. The number of benzene rings is 6. The number of hydrogen-bond donors (Lipinski definition) is 0. The molecule has 1 aliphatic carbocycles. The fraction of sp³-hybridized carbons (Fsp3) is 0.404. The van der Waals surface area contributed by atoms with E-state index < -0.39 is 0 Å². The Kier molecular flexibility index (Phi) is 22.3. The summed E-state index contributed by atoms with van der Waals surface area (Å²) >= 11 is 5.83. The van der Waals surface area contributed by atoms with Crippen LogP contribution in [0.2, 0.25) is 5.02 Å². The second kappa shape index (κ2) is 26.8. The molecule has 0 aromatic heterocycles. The van der Waals surface area contributed by atoms with Crippen molar-refractivity contribution in [3.05, 3.63) is 190 Å². The van der Waals surface area contributed by atoms with E-state index in [4.69, 9.17) is 11.6 Å². The van der Waals surface area contributed by atoms with Crippen LogP contribution in [0.25, 0.3) is 10.8 Å². The van der Waals surface area contributed by atoms with Gasteiger partial charge in [-0.3, -0.25) is 0 Å². The van der Waals surface area contributed by atoms with Crippen molar-refractivity contribution in [2.75, 3.05) is 0 Å². The number of fused-ring (bicyclic) bond motifs is 2. The first-order valence-corrected chi connectivity index (χ1v) is 22.5. The average Bonchev–Trinajstić information content (AvgIpc) is 3.64. The van der Waals surface area contributed by atoms with Crippen molar-refractivity contribution in [2.24, 2.45) is 35.5 Å². The van der Waals surface area contributed by atoms with Crippen molar-refractivity contribution >= 4 is 22.4 Å². The van der Waals surface area contributed by atoms with Gasteiger partial charge in [0.25, 0.3) is 0 Å². The van der Waals surface area contributed by atoms with Gasteiger partial charge in [0.05, 0.1) is 0 Å². The van der Waals surface area contributed by atoms with Crippen LogP contribution in [0, 0.1) is 35.5 Å². The van der Waals surface area contributed by atoms with E-state index in [0.29, 0.717) is 5.92 Å². The summed E-state index contributed by atoms with van der Waals surface area (Å²) < 4.78 is 0. The van der Waals surface area contributed by atoms with Crippen molar-refractivity contribution in [1.29, 1.82) is 0 Å². The maximum atomic E-state index is 5.83. The lowest BCUT2D eigenvalue weighted by Gasteiger charge is -2.12. The molecule has 0 N–H and O–H groups in total. The standard InChI is InChI=1S/C14H16.C12H16.C11H16.C10H13Cl.C10H14/c1-11(2)9-12-7-8-13-5-3-4-6-14(13)10-12;1-9(2)12-7-10-5-3-4-6-11(10)8-12;1-10(2)8-9-11-6-4-3-5-7-11;1-8(2)6-9-4-3-5-10(11)7-9;1-9(2)8-10-6-4-3-5-7-10/h3-8,10-11H,9H2,1-2H3;3-6,9,12H,7-8H2,1-2H3;3-7,10H,8-9H2,1-2H3;3-5,7-8H,6H2,1-2H3;3-7,9H,8H2,1-2H3. The van der Waals surface area contributed by atoms with E-state index in [0.717, 1.165) is 41.0 Å². The fourth-order valence-corrected chi connectivity index (χ4v) is 7.44. The van der Waals surface area contributed by atoms with Crippen LogP contribution in [0.3, 0.4) is 0 Å². The molecule has 0 unspecified atom stereocenters.